The Morgan fingerprint density at radius 2 is 1.90 bits per heavy atom. The van der Waals surface area contributed by atoms with Crippen LogP contribution in [0.4, 0.5) is 0 Å². The third kappa shape index (κ3) is 3.41. The van der Waals surface area contributed by atoms with Crippen LogP contribution in [-0.4, -0.2) is 24.2 Å². The van der Waals surface area contributed by atoms with Crippen molar-refractivity contribution in [3.05, 3.63) is 83.7 Å². The van der Waals surface area contributed by atoms with E-state index in [9.17, 15) is 13.7 Å². The molecule has 144 valence electrons. The van der Waals surface area contributed by atoms with Crippen molar-refractivity contribution in [1.82, 2.24) is 9.55 Å². The Hall–Kier alpha value is -3.43. The lowest BCUT2D eigenvalue weighted by Crippen LogP contribution is -2.05. The largest absolute Gasteiger partial charge is 0.336 e. The van der Waals surface area contributed by atoms with Gasteiger partial charge >= 0.3 is 0 Å². The number of benzene rings is 2. The van der Waals surface area contributed by atoms with E-state index in [2.05, 4.69) is 28.6 Å². The van der Waals surface area contributed by atoms with Crippen LogP contribution in [0.25, 0.3) is 22.2 Å². The fourth-order valence-corrected chi connectivity index (χ4v) is 4.60. The lowest BCUT2D eigenvalue weighted by molar-refractivity contribution is 0.601. The number of rotatable bonds is 4. The Labute approximate surface area is 169 Å². The summed E-state index contributed by atoms with van der Waals surface area (Å²) in [7, 11) is -3.45. The van der Waals surface area contributed by atoms with Crippen LogP contribution in [0.2, 0.25) is 0 Å². The van der Waals surface area contributed by atoms with Crippen molar-refractivity contribution in [2.24, 2.45) is 0 Å². The number of sulfone groups is 1. The summed E-state index contributed by atoms with van der Waals surface area (Å²) in [6.07, 6.45) is 4.70. The molecule has 0 aliphatic rings. The molecule has 29 heavy (non-hydrogen) atoms. The Balaban J connectivity index is 1.91. The minimum atomic E-state index is -3.45. The van der Waals surface area contributed by atoms with E-state index in [1.165, 1.54) is 6.07 Å². The smallest absolute Gasteiger partial charge is 0.176 e. The highest BCUT2D eigenvalue weighted by molar-refractivity contribution is 7.90. The van der Waals surface area contributed by atoms with Gasteiger partial charge in [0.05, 0.1) is 16.2 Å². The Morgan fingerprint density at radius 1 is 1.10 bits per heavy atom. The Bertz CT molecular complexity index is 1360. The lowest BCUT2D eigenvalue weighted by atomic mass is 10.1. The molecule has 0 radical (unpaired) electrons. The number of aryl methyl sites for hydroxylation is 1. The third-order valence-corrected chi connectivity index (χ3v) is 6.22. The normalized spacial score (nSPS) is 11.5. The summed E-state index contributed by atoms with van der Waals surface area (Å²) in [5.74, 6) is 0. The van der Waals surface area contributed by atoms with Gasteiger partial charge in [0.25, 0.3) is 0 Å². The molecule has 0 aliphatic heterocycles. The van der Waals surface area contributed by atoms with Crippen LogP contribution < -0.4 is 0 Å². The predicted molar refractivity (Wildman–Crippen MR) is 113 cm³/mol. The molecule has 0 fully saturated rings. The van der Waals surface area contributed by atoms with Gasteiger partial charge in [-0.15, -0.1) is 0 Å². The third-order valence-electron chi connectivity index (χ3n) is 5.06. The predicted octanol–water partition coefficient (Wildman–Crippen LogP) is 4.34. The highest BCUT2D eigenvalue weighted by atomic mass is 32.2. The first-order chi connectivity index (χ1) is 13.9. The maximum atomic E-state index is 11.9. The molecular formula is C23H19N3O2S. The van der Waals surface area contributed by atoms with Gasteiger partial charge in [-0.3, -0.25) is 4.98 Å². The summed E-state index contributed by atoms with van der Waals surface area (Å²) in [5.41, 5.74) is 5.33. The minimum absolute atomic E-state index is 0.0600. The second-order valence-corrected chi connectivity index (χ2v) is 9.02. The monoisotopic (exact) mass is 401 g/mol. The van der Waals surface area contributed by atoms with E-state index >= 15 is 0 Å². The topological polar surface area (TPSA) is 75.8 Å². The van der Waals surface area contributed by atoms with Crippen LogP contribution >= 0.6 is 0 Å². The van der Waals surface area contributed by atoms with Crippen molar-refractivity contribution in [2.45, 2.75) is 18.4 Å². The number of pyridine rings is 1. The van der Waals surface area contributed by atoms with Crippen LogP contribution in [0.5, 0.6) is 0 Å². The number of nitriles is 1. The molecule has 0 N–H and O–H groups in total. The summed E-state index contributed by atoms with van der Waals surface area (Å²) < 4.78 is 26.1. The van der Waals surface area contributed by atoms with Crippen molar-refractivity contribution < 1.29 is 8.42 Å². The first-order valence-electron chi connectivity index (χ1n) is 9.11. The summed E-state index contributed by atoms with van der Waals surface area (Å²) in [5, 5.41) is 10.6. The van der Waals surface area contributed by atoms with E-state index in [-0.39, 0.29) is 10.5 Å². The summed E-state index contributed by atoms with van der Waals surface area (Å²) in [6, 6.07) is 19.1. The van der Waals surface area contributed by atoms with Gasteiger partial charge in [0.1, 0.15) is 6.07 Å². The summed E-state index contributed by atoms with van der Waals surface area (Å²) in [4.78, 5) is 4.32. The number of hydrogen-bond donors (Lipinski definition) is 0. The maximum absolute atomic E-state index is 11.9. The van der Waals surface area contributed by atoms with Crippen molar-refractivity contribution in [3.63, 3.8) is 0 Å². The fourth-order valence-electron chi connectivity index (χ4n) is 3.78. The number of nitrogens with zero attached hydrogens (tertiary/aromatic N) is 3. The van der Waals surface area contributed by atoms with Gasteiger partial charge in [0.2, 0.25) is 0 Å². The maximum Gasteiger partial charge on any atom is 0.176 e. The second kappa shape index (κ2) is 7.19. The molecule has 4 aromatic rings. The molecule has 0 spiro atoms. The molecule has 2 aromatic carbocycles. The van der Waals surface area contributed by atoms with Crippen molar-refractivity contribution in [1.29, 1.82) is 5.26 Å². The van der Waals surface area contributed by atoms with Gasteiger partial charge in [-0.25, -0.2) is 8.42 Å². The van der Waals surface area contributed by atoms with Gasteiger partial charge < -0.3 is 4.57 Å². The highest BCUT2D eigenvalue weighted by Crippen LogP contribution is 2.33. The summed E-state index contributed by atoms with van der Waals surface area (Å²) >= 11 is 0. The van der Waals surface area contributed by atoms with E-state index in [0.717, 1.165) is 39.5 Å². The number of aromatic nitrogens is 2. The number of para-hydroxylation sites is 1. The van der Waals surface area contributed by atoms with Gasteiger partial charge in [0, 0.05) is 41.7 Å². The zero-order valence-corrected chi connectivity index (χ0v) is 16.9. The second-order valence-electron chi connectivity index (χ2n) is 7.03. The molecule has 0 atom stereocenters. The quantitative estimate of drug-likeness (QED) is 0.510. The molecular weight excluding hydrogens is 382 g/mol. The van der Waals surface area contributed by atoms with E-state index in [0.29, 0.717) is 6.54 Å². The van der Waals surface area contributed by atoms with E-state index in [1.807, 2.05) is 36.5 Å². The zero-order valence-electron chi connectivity index (χ0n) is 16.1. The number of hydrogen-bond acceptors (Lipinski definition) is 4. The molecule has 0 unspecified atom stereocenters. The van der Waals surface area contributed by atoms with E-state index < -0.39 is 9.84 Å². The average Bonchev–Trinajstić information content (AvgIpc) is 3.00. The standard InChI is InChI=1S/C23H19N3O2S/c1-16-20-7-3-4-8-21(20)26(23(16)18-6-5-11-25-14-18)15-17-9-10-22(29(2,27)28)19(12-17)13-24/h3-12,14H,15H2,1-2H3. The molecule has 5 nitrogen and oxygen atoms in total. The molecule has 0 amide bonds. The molecule has 0 bridgehead atoms. The highest BCUT2D eigenvalue weighted by Gasteiger charge is 2.18. The molecule has 2 aromatic heterocycles. The lowest BCUT2D eigenvalue weighted by Gasteiger charge is -2.13. The molecule has 6 heteroatoms. The van der Waals surface area contributed by atoms with Gasteiger partial charge in [-0.05, 0) is 48.4 Å². The minimum Gasteiger partial charge on any atom is -0.336 e. The molecule has 0 saturated heterocycles. The van der Waals surface area contributed by atoms with Crippen molar-refractivity contribution in [3.8, 4) is 17.3 Å². The molecule has 2 heterocycles. The van der Waals surface area contributed by atoms with Crippen molar-refractivity contribution in [2.75, 3.05) is 6.26 Å². The van der Waals surface area contributed by atoms with Crippen LogP contribution in [0.15, 0.2) is 71.9 Å². The van der Waals surface area contributed by atoms with E-state index in [4.69, 9.17) is 0 Å². The average molecular weight is 401 g/mol. The van der Waals surface area contributed by atoms with Gasteiger partial charge in [-0.2, -0.15) is 5.26 Å². The van der Waals surface area contributed by atoms with Crippen LogP contribution in [0, 0.1) is 18.3 Å². The summed E-state index contributed by atoms with van der Waals surface area (Å²) in [6.45, 7) is 2.60. The van der Waals surface area contributed by atoms with E-state index in [1.54, 1.807) is 18.3 Å². The fraction of sp³-hybridized carbons (Fsp3) is 0.130. The first kappa shape index (κ1) is 18.9. The van der Waals surface area contributed by atoms with Gasteiger partial charge in [-0.1, -0.05) is 24.3 Å². The zero-order chi connectivity index (χ0) is 20.6. The molecule has 4 rings (SSSR count). The van der Waals surface area contributed by atoms with Crippen LogP contribution in [-0.2, 0) is 16.4 Å². The molecule has 0 saturated carbocycles. The Morgan fingerprint density at radius 3 is 2.59 bits per heavy atom. The van der Waals surface area contributed by atoms with Crippen molar-refractivity contribution >= 4 is 20.7 Å². The van der Waals surface area contributed by atoms with Crippen LogP contribution in [0.1, 0.15) is 16.7 Å². The number of fused-ring (bicyclic) bond motifs is 1. The SMILES string of the molecule is Cc1c(-c2cccnc2)n(Cc2ccc(S(C)(=O)=O)c(C#N)c2)c2ccccc12. The Kier molecular flexibility index (Phi) is 4.69. The van der Waals surface area contributed by atoms with Gasteiger partial charge in [0.15, 0.2) is 9.84 Å². The molecule has 0 aliphatic carbocycles. The first-order valence-corrected chi connectivity index (χ1v) is 11.0. The van der Waals surface area contributed by atoms with Crippen LogP contribution in [0.3, 0.4) is 0 Å².